The Labute approximate surface area is 116 Å². The molecule has 1 amide bonds. The average Bonchev–Trinajstić information content (AvgIpc) is 2.77. The molecule has 102 valence electrons. The predicted molar refractivity (Wildman–Crippen MR) is 75.0 cm³/mol. The molecule has 5 heteroatoms. The van der Waals surface area contributed by atoms with Gasteiger partial charge in [-0.1, -0.05) is 18.2 Å². The van der Waals surface area contributed by atoms with Crippen LogP contribution in [0.1, 0.15) is 22.8 Å². The molecular formula is C15H14FN3O. The number of carbonyl (C=O) groups is 1. The fourth-order valence-electron chi connectivity index (χ4n) is 2.63. The van der Waals surface area contributed by atoms with Crippen molar-refractivity contribution in [3.05, 3.63) is 53.5 Å². The number of nitrogens with two attached hydrogens (primary N) is 1. The van der Waals surface area contributed by atoms with Gasteiger partial charge in [-0.2, -0.15) is 0 Å². The number of fused-ring (bicyclic) bond motifs is 1. The molecule has 1 aliphatic rings. The third-order valence-electron chi connectivity index (χ3n) is 3.57. The molecule has 0 fully saturated rings. The van der Waals surface area contributed by atoms with E-state index in [1.165, 1.54) is 12.3 Å². The van der Waals surface area contributed by atoms with Crippen LogP contribution in [0, 0.1) is 5.82 Å². The number of halogens is 1. The summed E-state index contributed by atoms with van der Waals surface area (Å²) in [5, 5.41) is 0. The summed E-state index contributed by atoms with van der Waals surface area (Å²) in [4.78, 5) is 17.9. The van der Waals surface area contributed by atoms with Gasteiger partial charge in [-0.05, 0) is 31.0 Å². The lowest BCUT2D eigenvalue weighted by atomic mass is 10.1. The van der Waals surface area contributed by atoms with Crippen LogP contribution in [0.15, 0.2) is 36.5 Å². The highest BCUT2D eigenvalue weighted by Crippen LogP contribution is 2.33. The molecule has 0 radical (unpaired) electrons. The molecule has 0 saturated carbocycles. The number of hydrogen-bond acceptors (Lipinski definition) is 3. The minimum atomic E-state index is -0.755. The van der Waals surface area contributed by atoms with Gasteiger partial charge in [0.2, 0.25) is 0 Å². The molecule has 2 N–H and O–H groups in total. The molecular weight excluding hydrogens is 257 g/mol. The zero-order valence-corrected chi connectivity index (χ0v) is 11.0. The van der Waals surface area contributed by atoms with Crippen LogP contribution in [0.2, 0.25) is 0 Å². The Hall–Kier alpha value is -2.43. The van der Waals surface area contributed by atoms with E-state index in [-0.39, 0.29) is 23.3 Å². The summed E-state index contributed by atoms with van der Waals surface area (Å²) in [6, 6.07) is 9.02. The normalized spacial score (nSPS) is 17.1. The van der Waals surface area contributed by atoms with Gasteiger partial charge in [-0.15, -0.1) is 0 Å². The fraction of sp³-hybridized carbons (Fsp3) is 0.200. The van der Waals surface area contributed by atoms with Crippen molar-refractivity contribution in [3.8, 4) is 0 Å². The number of aromatic nitrogens is 1. The van der Waals surface area contributed by atoms with Gasteiger partial charge >= 0.3 is 0 Å². The summed E-state index contributed by atoms with van der Waals surface area (Å²) >= 11 is 0. The van der Waals surface area contributed by atoms with E-state index in [9.17, 15) is 9.18 Å². The third-order valence-corrected chi connectivity index (χ3v) is 3.57. The van der Waals surface area contributed by atoms with Crippen LogP contribution >= 0.6 is 0 Å². The van der Waals surface area contributed by atoms with E-state index < -0.39 is 5.82 Å². The van der Waals surface area contributed by atoms with Crippen LogP contribution in [0.3, 0.4) is 0 Å². The Morgan fingerprint density at radius 1 is 1.40 bits per heavy atom. The summed E-state index contributed by atoms with van der Waals surface area (Å²) in [7, 11) is 0. The summed E-state index contributed by atoms with van der Waals surface area (Å²) in [6.07, 6.45) is 2.11. The Balaban J connectivity index is 2.05. The van der Waals surface area contributed by atoms with E-state index in [1.807, 2.05) is 31.2 Å². The van der Waals surface area contributed by atoms with Gasteiger partial charge in [0, 0.05) is 17.9 Å². The highest BCUT2D eigenvalue weighted by molar-refractivity contribution is 6.08. The molecule has 1 aliphatic heterocycles. The molecule has 4 nitrogen and oxygen atoms in total. The number of amides is 1. The third kappa shape index (κ3) is 1.82. The SMILES string of the molecule is CC1Cc2ccccc2N1C(=O)c1ccnc(N)c1F. The van der Waals surface area contributed by atoms with Crippen molar-refractivity contribution in [3.63, 3.8) is 0 Å². The first kappa shape index (κ1) is 12.6. The van der Waals surface area contributed by atoms with Crippen molar-refractivity contribution in [1.82, 2.24) is 4.98 Å². The topological polar surface area (TPSA) is 59.2 Å². The van der Waals surface area contributed by atoms with Crippen LogP contribution in [-0.2, 0) is 6.42 Å². The number of benzene rings is 1. The Morgan fingerprint density at radius 2 is 2.15 bits per heavy atom. The van der Waals surface area contributed by atoms with Crippen LogP contribution in [0.5, 0.6) is 0 Å². The summed E-state index contributed by atoms with van der Waals surface area (Å²) in [5.74, 6) is -1.39. The van der Waals surface area contributed by atoms with Crippen molar-refractivity contribution in [2.24, 2.45) is 0 Å². The van der Waals surface area contributed by atoms with E-state index in [0.717, 1.165) is 17.7 Å². The van der Waals surface area contributed by atoms with Gasteiger partial charge in [0.05, 0.1) is 5.56 Å². The van der Waals surface area contributed by atoms with Crippen molar-refractivity contribution in [1.29, 1.82) is 0 Å². The van der Waals surface area contributed by atoms with Crippen LogP contribution < -0.4 is 10.6 Å². The number of para-hydroxylation sites is 1. The standard InChI is InChI=1S/C15H14FN3O/c1-9-8-10-4-2-3-5-12(10)19(9)15(20)11-6-7-18-14(17)13(11)16/h2-7,9H,8H2,1H3,(H2,17,18). The zero-order chi connectivity index (χ0) is 14.3. The van der Waals surface area contributed by atoms with E-state index in [2.05, 4.69) is 4.98 Å². The van der Waals surface area contributed by atoms with Crippen LogP contribution in [-0.4, -0.2) is 16.9 Å². The maximum Gasteiger partial charge on any atom is 0.261 e. The molecule has 0 saturated heterocycles. The predicted octanol–water partition coefficient (Wildman–Crippen LogP) is 2.39. The van der Waals surface area contributed by atoms with Gasteiger partial charge in [0.15, 0.2) is 11.6 Å². The molecule has 0 aliphatic carbocycles. The number of carbonyl (C=O) groups excluding carboxylic acids is 1. The van der Waals surface area contributed by atoms with Gasteiger partial charge < -0.3 is 10.6 Å². The Kier molecular flexibility index (Phi) is 2.89. The average molecular weight is 271 g/mol. The fourth-order valence-corrected chi connectivity index (χ4v) is 2.63. The number of anilines is 2. The minimum Gasteiger partial charge on any atom is -0.381 e. The van der Waals surface area contributed by atoms with E-state index >= 15 is 0 Å². The van der Waals surface area contributed by atoms with E-state index in [4.69, 9.17) is 5.73 Å². The summed E-state index contributed by atoms with van der Waals surface area (Å²) in [5.41, 5.74) is 7.32. The Morgan fingerprint density at radius 3 is 2.95 bits per heavy atom. The van der Waals surface area contributed by atoms with Crippen molar-refractivity contribution in [2.45, 2.75) is 19.4 Å². The first-order chi connectivity index (χ1) is 9.59. The molecule has 1 unspecified atom stereocenters. The van der Waals surface area contributed by atoms with Crippen LogP contribution in [0.4, 0.5) is 15.9 Å². The molecule has 20 heavy (non-hydrogen) atoms. The van der Waals surface area contributed by atoms with Gasteiger partial charge in [0.1, 0.15) is 0 Å². The second-order valence-corrected chi connectivity index (χ2v) is 4.91. The van der Waals surface area contributed by atoms with Gasteiger partial charge in [-0.25, -0.2) is 9.37 Å². The molecule has 1 aromatic carbocycles. The van der Waals surface area contributed by atoms with E-state index in [0.29, 0.717) is 0 Å². The zero-order valence-electron chi connectivity index (χ0n) is 11.0. The monoisotopic (exact) mass is 271 g/mol. The molecule has 2 aromatic rings. The van der Waals surface area contributed by atoms with Gasteiger partial charge in [0.25, 0.3) is 5.91 Å². The molecule has 0 bridgehead atoms. The highest BCUT2D eigenvalue weighted by Gasteiger charge is 2.32. The quantitative estimate of drug-likeness (QED) is 0.866. The van der Waals surface area contributed by atoms with Gasteiger partial charge in [-0.3, -0.25) is 4.79 Å². The summed E-state index contributed by atoms with van der Waals surface area (Å²) < 4.78 is 14.0. The largest absolute Gasteiger partial charge is 0.381 e. The Bertz CT molecular complexity index is 687. The minimum absolute atomic E-state index is 0.00584. The lowest BCUT2D eigenvalue weighted by molar-refractivity contribution is 0.0977. The number of hydrogen-bond donors (Lipinski definition) is 1. The van der Waals surface area contributed by atoms with Crippen molar-refractivity contribution >= 4 is 17.4 Å². The second kappa shape index (κ2) is 4.59. The first-order valence-corrected chi connectivity index (χ1v) is 6.41. The summed E-state index contributed by atoms with van der Waals surface area (Å²) in [6.45, 7) is 1.94. The molecule has 1 atom stereocenters. The smallest absolute Gasteiger partial charge is 0.261 e. The first-order valence-electron chi connectivity index (χ1n) is 6.41. The molecule has 0 spiro atoms. The molecule has 3 rings (SSSR count). The maximum atomic E-state index is 14.0. The lowest BCUT2D eigenvalue weighted by Gasteiger charge is -2.23. The maximum absolute atomic E-state index is 14.0. The molecule has 1 aromatic heterocycles. The highest BCUT2D eigenvalue weighted by atomic mass is 19.1. The number of pyridine rings is 1. The van der Waals surface area contributed by atoms with Crippen molar-refractivity contribution in [2.75, 3.05) is 10.6 Å². The second-order valence-electron chi connectivity index (χ2n) is 4.91. The number of nitrogen functional groups attached to an aromatic ring is 1. The molecule has 2 heterocycles. The van der Waals surface area contributed by atoms with E-state index in [1.54, 1.807) is 4.90 Å². The number of rotatable bonds is 1. The van der Waals surface area contributed by atoms with Crippen LogP contribution in [0.25, 0.3) is 0 Å². The number of nitrogens with zero attached hydrogens (tertiary/aromatic N) is 2. The lowest BCUT2D eigenvalue weighted by Crippen LogP contribution is -2.36. The van der Waals surface area contributed by atoms with Crippen molar-refractivity contribution < 1.29 is 9.18 Å².